The number of hydrogen-bond acceptors (Lipinski definition) is 6. The molecule has 2 N–H and O–H groups in total. The Morgan fingerprint density at radius 3 is 2.17 bits per heavy atom. The Morgan fingerprint density at radius 2 is 1.66 bits per heavy atom. The number of pyridine rings is 2. The van der Waals surface area contributed by atoms with Gasteiger partial charge in [-0.25, -0.2) is 13.8 Å². The maximum Gasteiger partial charge on any atom is 0.176 e. The van der Waals surface area contributed by atoms with E-state index in [1.165, 1.54) is 24.3 Å². The topological polar surface area (TPSA) is 101 Å². The zero-order valence-electron chi connectivity index (χ0n) is 19.0. The zero-order chi connectivity index (χ0) is 24.3. The summed E-state index contributed by atoms with van der Waals surface area (Å²) in [6.07, 6.45) is 4.13. The second-order valence-electron chi connectivity index (χ2n) is 8.95. The highest BCUT2D eigenvalue weighted by Crippen LogP contribution is 2.44. The number of aliphatic hydroxyl groups is 1. The normalized spacial score (nSPS) is 14.1. The summed E-state index contributed by atoms with van der Waals surface area (Å²) in [5.74, 6) is 0.692. The van der Waals surface area contributed by atoms with Crippen molar-refractivity contribution in [3.8, 4) is 11.1 Å². The van der Waals surface area contributed by atoms with Crippen LogP contribution in [0.3, 0.4) is 0 Å². The van der Waals surface area contributed by atoms with Gasteiger partial charge < -0.3 is 14.6 Å². The van der Waals surface area contributed by atoms with Crippen LogP contribution in [0.15, 0.2) is 53.3 Å². The van der Waals surface area contributed by atoms with Gasteiger partial charge in [0.05, 0.1) is 40.5 Å². The molecule has 1 fully saturated rings. The minimum Gasteiger partial charge on any atom is -0.373 e. The average Bonchev–Trinajstić information content (AvgIpc) is 3.53. The third kappa shape index (κ3) is 3.50. The van der Waals surface area contributed by atoms with E-state index >= 15 is 0 Å². The highest BCUT2D eigenvalue weighted by atomic mass is 19.1. The van der Waals surface area contributed by atoms with Crippen molar-refractivity contribution in [2.24, 2.45) is 0 Å². The molecule has 1 aromatic carbocycles. The number of aromatic nitrogens is 5. The van der Waals surface area contributed by atoms with E-state index in [0.717, 1.165) is 42.2 Å². The molecule has 0 amide bonds. The molecule has 0 aliphatic heterocycles. The van der Waals surface area contributed by atoms with Gasteiger partial charge >= 0.3 is 0 Å². The van der Waals surface area contributed by atoms with Gasteiger partial charge in [-0.2, -0.15) is 0 Å². The van der Waals surface area contributed by atoms with Gasteiger partial charge in [0, 0.05) is 17.0 Å². The number of H-pyrrole nitrogens is 1. The summed E-state index contributed by atoms with van der Waals surface area (Å²) >= 11 is 0. The van der Waals surface area contributed by atoms with Crippen molar-refractivity contribution in [1.29, 1.82) is 0 Å². The molecule has 35 heavy (non-hydrogen) atoms. The van der Waals surface area contributed by atoms with Gasteiger partial charge in [0.25, 0.3) is 0 Å². The lowest BCUT2D eigenvalue weighted by molar-refractivity contribution is 0.117. The van der Waals surface area contributed by atoms with E-state index in [2.05, 4.69) is 20.1 Å². The first-order valence-electron chi connectivity index (χ1n) is 11.3. The number of halogens is 2. The van der Waals surface area contributed by atoms with E-state index in [1.54, 1.807) is 6.07 Å². The minimum atomic E-state index is -1.95. The van der Waals surface area contributed by atoms with Crippen LogP contribution in [0.25, 0.3) is 22.2 Å². The highest BCUT2D eigenvalue weighted by Gasteiger charge is 2.40. The Labute approximate surface area is 198 Å². The van der Waals surface area contributed by atoms with Crippen LogP contribution in [0, 0.1) is 25.5 Å². The Hall–Kier alpha value is -3.98. The molecule has 176 valence electrons. The van der Waals surface area contributed by atoms with E-state index in [9.17, 15) is 13.9 Å². The molecule has 0 spiro atoms. The number of benzene rings is 1. The van der Waals surface area contributed by atoms with Crippen LogP contribution in [0.4, 0.5) is 8.78 Å². The largest absolute Gasteiger partial charge is 0.373 e. The molecule has 4 heterocycles. The summed E-state index contributed by atoms with van der Waals surface area (Å²) in [5, 5.41) is 16.4. The average molecular weight is 473 g/mol. The fourth-order valence-electron chi connectivity index (χ4n) is 4.59. The number of aryl methyl sites for hydroxylation is 2. The first kappa shape index (κ1) is 21.5. The maximum absolute atomic E-state index is 13.8. The first-order chi connectivity index (χ1) is 16.8. The number of nitrogens with one attached hydrogen (secondary N) is 1. The van der Waals surface area contributed by atoms with Crippen LogP contribution in [-0.2, 0) is 5.60 Å². The van der Waals surface area contributed by atoms with Crippen LogP contribution in [-0.4, -0.2) is 30.2 Å². The molecule has 0 bridgehead atoms. The molecule has 7 nitrogen and oxygen atoms in total. The van der Waals surface area contributed by atoms with Crippen LogP contribution in [0.2, 0.25) is 0 Å². The molecule has 0 unspecified atom stereocenters. The summed E-state index contributed by atoms with van der Waals surface area (Å²) in [6, 6.07) is 8.95. The summed E-state index contributed by atoms with van der Waals surface area (Å²) in [6.45, 7) is 3.66. The van der Waals surface area contributed by atoms with Gasteiger partial charge in [-0.1, -0.05) is 5.16 Å². The third-order valence-electron chi connectivity index (χ3n) is 6.48. The van der Waals surface area contributed by atoms with Gasteiger partial charge in [-0.05, 0) is 68.7 Å². The van der Waals surface area contributed by atoms with Crippen molar-refractivity contribution in [3.63, 3.8) is 0 Å². The summed E-state index contributed by atoms with van der Waals surface area (Å²) in [7, 11) is 0. The van der Waals surface area contributed by atoms with Gasteiger partial charge in [-0.3, -0.25) is 9.97 Å². The summed E-state index contributed by atoms with van der Waals surface area (Å²) < 4.78 is 32.9. The lowest BCUT2D eigenvalue weighted by Gasteiger charge is -2.28. The Balaban J connectivity index is 1.69. The molecule has 9 heteroatoms. The highest BCUT2D eigenvalue weighted by molar-refractivity contribution is 5.88. The minimum absolute atomic E-state index is 0.131. The van der Waals surface area contributed by atoms with E-state index in [-0.39, 0.29) is 11.4 Å². The van der Waals surface area contributed by atoms with Crippen molar-refractivity contribution in [2.45, 2.75) is 38.2 Å². The number of rotatable bonds is 5. The van der Waals surface area contributed by atoms with Crippen molar-refractivity contribution in [1.82, 2.24) is 25.1 Å². The molecule has 0 atom stereocenters. The van der Waals surface area contributed by atoms with E-state index in [0.29, 0.717) is 34.0 Å². The second-order valence-corrected chi connectivity index (χ2v) is 8.95. The molecular weight excluding hydrogens is 452 g/mol. The van der Waals surface area contributed by atoms with Crippen LogP contribution in [0.5, 0.6) is 0 Å². The molecule has 1 aliphatic carbocycles. The lowest BCUT2D eigenvalue weighted by Crippen LogP contribution is -2.31. The van der Waals surface area contributed by atoms with Gasteiger partial charge in [0.2, 0.25) is 0 Å². The smallest absolute Gasteiger partial charge is 0.176 e. The third-order valence-corrected chi connectivity index (χ3v) is 6.48. The first-order valence-corrected chi connectivity index (χ1v) is 11.3. The molecule has 4 aromatic heterocycles. The molecule has 6 rings (SSSR count). The van der Waals surface area contributed by atoms with Crippen molar-refractivity contribution < 1.29 is 18.4 Å². The van der Waals surface area contributed by atoms with Crippen molar-refractivity contribution in [2.75, 3.05) is 0 Å². The second kappa shape index (κ2) is 7.78. The van der Waals surface area contributed by atoms with Gasteiger partial charge in [0.1, 0.15) is 23.2 Å². The van der Waals surface area contributed by atoms with Crippen LogP contribution < -0.4 is 0 Å². The standard InChI is InChI=1S/C26H21F2N5O2/c1-13-23(14(2)35-33-13)16-9-19(24-20(10-16)31-25(32-24)15-3-4-15)26(34,21-7-5-17(27)11-29-21)22-8-6-18(28)12-30-22/h5-12,15,34H,3-4H2,1-2H3,(H,31,32). The molecule has 0 radical (unpaired) electrons. The van der Waals surface area contributed by atoms with Crippen LogP contribution >= 0.6 is 0 Å². The number of aromatic amines is 1. The fourth-order valence-corrected chi connectivity index (χ4v) is 4.59. The molecule has 1 saturated carbocycles. The maximum atomic E-state index is 13.8. The van der Waals surface area contributed by atoms with Crippen molar-refractivity contribution >= 4 is 11.0 Å². The zero-order valence-corrected chi connectivity index (χ0v) is 19.0. The SMILES string of the molecule is Cc1noc(C)c1-c1cc(C(O)(c2ccc(F)cn2)c2ccc(F)cn2)c2nc(C3CC3)[nH]c2c1. The lowest BCUT2D eigenvalue weighted by atomic mass is 9.83. The summed E-state index contributed by atoms with van der Waals surface area (Å²) in [5.41, 5.74) is 2.16. The Kier molecular flexibility index (Phi) is 4.79. The predicted octanol–water partition coefficient (Wildman–Crippen LogP) is 5.06. The van der Waals surface area contributed by atoms with Crippen molar-refractivity contribution in [3.05, 3.63) is 94.7 Å². The van der Waals surface area contributed by atoms with E-state index < -0.39 is 17.2 Å². The molecular formula is C26H21F2N5O2. The Morgan fingerprint density at radius 1 is 1.00 bits per heavy atom. The van der Waals surface area contributed by atoms with Gasteiger partial charge in [0.15, 0.2) is 5.60 Å². The number of nitrogens with zero attached hydrogens (tertiary/aromatic N) is 4. The number of imidazole rings is 1. The van der Waals surface area contributed by atoms with E-state index in [4.69, 9.17) is 9.51 Å². The number of hydrogen-bond donors (Lipinski definition) is 2. The predicted molar refractivity (Wildman–Crippen MR) is 124 cm³/mol. The summed E-state index contributed by atoms with van der Waals surface area (Å²) in [4.78, 5) is 16.6. The molecule has 5 aromatic rings. The number of fused-ring (bicyclic) bond motifs is 1. The van der Waals surface area contributed by atoms with Crippen LogP contribution in [0.1, 0.15) is 53.0 Å². The van der Waals surface area contributed by atoms with Gasteiger partial charge in [-0.15, -0.1) is 0 Å². The quantitative estimate of drug-likeness (QED) is 0.370. The monoisotopic (exact) mass is 473 g/mol. The fraction of sp³-hybridized carbons (Fsp3) is 0.231. The van der Waals surface area contributed by atoms with E-state index in [1.807, 2.05) is 19.9 Å². The molecule has 1 aliphatic rings. The molecule has 0 saturated heterocycles. The Bertz CT molecular complexity index is 1490.